The zero-order chi connectivity index (χ0) is 63.7. The lowest BCUT2D eigenvalue weighted by Crippen LogP contribution is -2.54. The molecule has 0 heterocycles. The van der Waals surface area contributed by atoms with Crippen molar-refractivity contribution >= 4 is 113 Å². The van der Waals surface area contributed by atoms with Crippen LogP contribution in [0.15, 0.2) is 97.1 Å². The molecule has 0 unspecified atom stereocenters. The maximum atomic E-state index is 13.2. The minimum absolute atomic E-state index is 0.0415. The van der Waals surface area contributed by atoms with Gasteiger partial charge in [-0.05, 0) is 293 Å². The quantitative estimate of drug-likeness (QED) is 0.0268. The summed E-state index contributed by atoms with van der Waals surface area (Å²) in [6, 6.07) is 30.2. The number of hydrogen-bond acceptors (Lipinski definition) is 14. The van der Waals surface area contributed by atoms with Crippen LogP contribution in [0.4, 0.5) is 0 Å². The molecular weight excluding hydrogens is 1250 g/mol. The van der Waals surface area contributed by atoms with Crippen LogP contribution in [0.5, 0.6) is 23.0 Å². The molecule has 0 bridgehead atoms. The first kappa shape index (κ1) is 75.0. The SMILES string of the molecule is C[Si](C)(C)O[Si](C)(C)O[Si](C)(C)CCCOc1ccc(C(=O)c2ccc(O[Si](C)(C)O[Si](C)(C)O[Si](C)(C)C)cc2)cc1.C[Si](C)(C)O[Si](C)(C)O[Si](C)(C)Oc1ccc(C(=O)c2ccc(O[Si](C)(C)O[Si](C)(C)O[Si](C)(C)C)cc2)cc1. The van der Waals surface area contributed by atoms with E-state index in [1.54, 1.807) is 36.4 Å². The van der Waals surface area contributed by atoms with Crippen LogP contribution in [0, 0.1) is 0 Å². The highest BCUT2D eigenvalue weighted by molar-refractivity contribution is 6.89. The highest BCUT2D eigenvalue weighted by Gasteiger charge is 2.43. The fourth-order valence-corrected chi connectivity index (χ4v) is 59.5. The van der Waals surface area contributed by atoms with Crippen molar-refractivity contribution in [3.8, 4) is 23.0 Å². The van der Waals surface area contributed by atoms with Gasteiger partial charge >= 0.3 is 59.9 Å². The minimum atomic E-state index is -2.49. The van der Waals surface area contributed by atoms with Gasteiger partial charge in [-0.25, -0.2) is 0 Å². The largest absolute Gasteiger partial charge is 0.521 e. The van der Waals surface area contributed by atoms with Crippen LogP contribution in [0.1, 0.15) is 38.3 Å². The van der Waals surface area contributed by atoms with Gasteiger partial charge < -0.3 is 50.9 Å². The molecule has 0 amide bonds. The van der Waals surface area contributed by atoms with E-state index < -0.39 is 102 Å². The van der Waals surface area contributed by atoms with E-state index >= 15 is 0 Å². The molecule has 0 saturated carbocycles. The summed E-state index contributed by atoms with van der Waals surface area (Å²) in [5.41, 5.74) is 2.40. The van der Waals surface area contributed by atoms with Crippen molar-refractivity contribution in [3.63, 3.8) is 0 Å². The van der Waals surface area contributed by atoms with Gasteiger partial charge in [-0.2, -0.15) is 0 Å². The summed E-state index contributed by atoms with van der Waals surface area (Å²) in [5, 5.41) is 0. The molecule has 4 aromatic carbocycles. The normalized spacial score (nSPS) is 13.7. The van der Waals surface area contributed by atoms with Crippen molar-refractivity contribution < 1.29 is 60.5 Å². The number of ketones is 2. The average molecular weight is 1350 g/mol. The summed E-state index contributed by atoms with van der Waals surface area (Å²) in [6.45, 7) is 60.2. The molecule has 14 nitrogen and oxygen atoms in total. The van der Waals surface area contributed by atoms with E-state index in [4.69, 9.17) is 50.9 Å². The second-order valence-corrected chi connectivity index (χ2v) is 76.5. The van der Waals surface area contributed by atoms with Crippen LogP contribution in [0.2, 0.25) is 189 Å². The molecule has 26 heteroatoms. The van der Waals surface area contributed by atoms with Gasteiger partial charge in [0.05, 0.1) is 6.61 Å². The molecule has 0 aromatic heterocycles. The Morgan fingerprint density at radius 1 is 0.277 bits per heavy atom. The Morgan fingerprint density at radius 3 is 0.723 bits per heavy atom. The lowest BCUT2D eigenvalue weighted by Gasteiger charge is -2.37. The predicted molar refractivity (Wildman–Crippen MR) is 371 cm³/mol. The number of hydrogen-bond donors (Lipinski definition) is 0. The first-order valence-corrected chi connectivity index (χ1v) is 65.5. The van der Waals surface area contributed by atoms with E-state index in [0.29, 0.717) is 46.1 Å². The standard InChI is InChI=1S/C30H56O7Si6.C27H50O7Si6/c1-38(2,3)34-42(11,12)36-40(7,8)25-15-24-32-28-20-16-26(17-21-28)30(31)27-18-22-29(23-19-27)33-41(9,10)37-43(13,14)35-39(4,5)6;1-35(2,3)31-39(11,12)33-37(7,8)29-25-19-15-23(16-20-25)27(28)24-17-21-26(22-18-24)30-38(9,10)34-40(13,14)32-36(4,5)6/h16-23H,15,24-25H2,1-14H3;15-22H,1-14H3. The smallest absolute Gasteiger partial charge is 0.383 e. The van der Waals surface area contributed by atoms with E-state index in [-0.39, 0.29) is 11.6 Å². The van der Waals surface area contributed by atoms with Crippen LogP contribution < -0.4 is 18.0 Å². The topological polar surface area (TPSA) is 145 Å². The number of carbonyl (C=O) groups excluding carboxylic acids is 2. The van der Waals surface area contributed by atoms with E-state index in [2.05, 4.69) is 144 Å². The van der Waals surface area contributed by atoms with E-state index in [1.165, 1.54) is 0 Å². The van der Waals surface area contributed by atoms with Crippen molar-refractivity contribution in [2.45, 2.75) is 196 Å². The highest BCUT2D eigenvalue weighted by atomic mass is 28.5. The number of carbonyl (C=O) groups is 2. The van der Waals surface area contributed by atoms with Gasteiger partial charge in [0.15, 0.2) is 53.2 Å². The molecule has 83 heavy (non-hydrogen) atoms. The Hall–Kier alpha value is -2.30. The van der Waals surface area contributed by atoms with Crippen molar-refractivity contribution in [1.29, 1.82) is 0 Å². The van der Waals surface area contributed by atoms with Gasteiger partial charge in [-0.1, -0.05) is 0 Å². The molecule has 0 aliphatic heterocycles. The molecule has 0 saturated heterocycles. The first-order chi connectivity index (χ1) is 37.2. The van der Waals surface area contributed by atoms with Crippen LogP contribution in [-0.4, -0.2) is 120 Å². The van der Waals surface area contributed by atoms with Crippen LogP contribution in [0.25, 0.3) is 0 Å². The third-order valence-corrected chi connectivity index (χ3v) is 48.3. The maximum absolute atomic E-state index is 13.2. The molecule has 0 atom stereocenters. The fraction of sp³-hybridized carbons (Fsp3) is 0.544. The monoisotopic (exact) mass is 1350 g/mol. The Morgan fingerprint density at radius 2 is 0.494 bits per heavy atom. The molecule has 0 fully saturated rings. The Bertz CT molecular complexity index is 2600. The minimum Gasteiger partial charge on any atom is -0.521 e. The maximum Gasteiger partial charge on any atom is 0.383 e. The van der Waals surface area contributed by atoms with Gasteiger partial charge in [0.25, 0.3) is 0 Å². The highest BCUT2D eigenvalue weighted by Crippen LogP contribution is 2.30. The lowest BCUT2D eigenvalue weighted by atomic mass is 10.0. The zero-order valence-corrected chi connectivity index (χ0v) is 68.1. The van der Waals surface area contributed by atoms with Crippen LogP contribution >= 0.6 is 0 Å². The van der Waals surface area contributed by atoms with E-state index in [1.807, 2.05) is 99.9 Å². The fourth-order valence-electron chi connectivity index (χ4n) is 10.2. The van der Waals surface area contributed by atoms with Gasteiger partial charge in [0.2, 0.25) is 0 Å². The van der Waals surface area contributed by atoms with Crippen LogP contribution in [-0.2, 0) is 32.9 Å². The second kappa shape index (κ2) is 28.9. The van der Waals surface area contributed by atoms with E-state index in [0.717, 1.165) is 18.2 Å². The summed E-state index contributed by atoms with van der Waals surface area (Å²) in [5.74, 6) is 2.72. The molecule has 4 rings (SSSR count). The number of benzene rings is 4. The van der Waals surface area contributed by atoms with Gasteiger partial charge in [0.1, 0.15) is 23.0 Å². The predicted octanol–water partition coefficient (Wildman–Crippen LogP) is 17.3. The molecule has 0 radical (unpaired) electrons. The number of ether oxygens (including phenoxy) is 1. The first-order valence-electron chi connectivity index (χ1n) is 29.0. The van der Waals surface area contributed by atoms with Crippen molar-refractivity contribution in [3.05, 3.63) is 119 Å². The number of rotatable bonds is 31. The summed E-state index contributed by atoms with van der Waals surface area (Å²) in [4.78, 5) is 26.3. The molecule has 0 N–H and O–H groups in total. The second-order valence-electron chi connectivity index (χ2n) is 28.8. The average Bonchev–Trinajstić information content (AvgIpc) is 3.26. The van der Waals surface area contributed by atoms with E-state index in [9.17, 15) is 9.59 Å². The zero-order valence-electron chi connectivity index (χ0n) is 56.1. The molecule has 4 aromatic rings. The van der Waals surface area contributed by atoms with Gasteiger partial charge in [-0.3, -0.25) is 9.59 Å². The lowest BCUT2D eigenvalue weighted by molar-refractivity contribution is 0.103. The van der Waals surface area contributed by atoms with Gasteiger partial charge in [-0.15, -0.1) is 0 Å². The molecule has 466 valence electrons. The molecule has 0 aliphatic rings. The summed E-state index contributed by atoms with van der Waals surface area (Å²) in [6.07, 6.45) is 0.918. The summed E-state index contributed by atoms with van der Waals surface area (Å²) in [7, 11) is -25.2. The van der Waals surface area contributed by atoms with Crippen molar-refractivity contribution in [2.75, 3.05) is 6.61 Å². The molecular formula is C57H106O14Si12. The molecule has 0 spiro atoms. The van der Waals surface area contributed by atoms with Crippen molar-refractivity contribution in [2.24, 2.45) is 0 Å². The third-order valence-electron chi connectivity index (χ3n) is 11.0. The third kappa shape index (κ3) is 30.9. The Labute approximate surface area is 514 Å². The molecule has 0 aliphatic carbocycles. The Kier molecular flexibility index (Phi) is 26.1. The Balaban J connectivity index is 0.000000436. The van der Waals surface area contributed by atoms with Crippen LogP contribution in [0.3, 0.4) is 0 Å². The summed E-state index contributed by atoms with van der Waals surface area (Å²) < 4.78 is 76.0. The summed E-state index contributed by atoms with van der Waals surface area (Å²) >= 11 is 0. The van der Waals surface area contributed by atoms with Gasteiger partial charge in [0, 0.05) is 22.3 Å². The van der Waals surface area contributed by atoms with Crippen molar-refractivity contribution in [1.82, 2.24) is 0 Å².